The molecule has 1 aromatic carbocycles. The first-order chi connectivity index (χ1) is 10.3. The van der Waals surface area contributed by atoms with Gasteiger partial charge in [0.05, 0.1) is 6.54 Å². The van der Waals surface area contributed by atoms with E-state index < -0.39 is 6.10 Å². The number of nitrogens with zero attached hydrogens (tertiary/aromatic N) is 3. The lowest BCUT2D eigenvalue weighted by Gasteiger charge is -2.15. The summed E-state index contributed by atoms with van der Waals surface area (Å²) in [6.07, 6.45) is 1.45. The molecule has 3 rings (SSSR count). The molecule has 1 aromatic heterocycles. The smallest absolute Gasteiger partial charge is 0.254 e. The lowest BCUT2D eigenvalue weighted by atomic mass is 10.1. The minimum absolute atomic E-state index is 0.168. The SMILES string of the molecule is CO[C@H](C(=O)NCc1nnc2n1CCC2)c1ccccc1. The third kappa shape index (κ3) is 2.80. The van der Waals surface area contributed by atoms with Crippen LogP contribution in [0.25, 0.3) is 0 Å². The van der Waals surface area contributed by atoms with E-state index in [4.69, 9.17) is 4.74 Å². The number of aryl methyl sites for hydroxylation is 1. The fourth-order valence-electron chi connectivity index (χ4n) is 2.62. The van der Waals surface area contributed by atoms with Gasteiger partial charge in [0.1, 0.15) is 5.82 Å². The van der Waals surface area contributed by atoms with E-state index in [0.29, 0.717) is 6.54 Å². The first-order valence-corrected chi connectivity index (χ1v) is 7.06. The highest BCUT2D eigenvalue weighted by Crippen LogP contribution is 2.17. The van der Waals surface area contributed by atoms with Crippen LogP contribution in [0.3, 0.4) is 0 Å². The maximum Gasteiger partial charge on any atom is 0.254 e. The highest BCUT2D eigenvalue weighted by Gasteiger charge is 2.21. The fraction of sp³-hybridized carbons (Fsp3) is 0.400. The Morgan fingerprint density at radius 1 is 1.38 bits per heavy atom. The summed E-state index contributed by atoms with van der Waals surface area (Å²) in [5.41, 5.74) is 0.837. The molecule has 6 nitrogen and oxygen atoms in total. The summed E-state index contributed by atoms with van der Waals surface area (Å²) < 4.78 is 7.38. The largest absolute Gasteiger partial charge is 0.367 e. The van der Waals surface area contributed by atoms with E-state index >= 15 is 0 Å². The molecule has 0 bridgehead atoms. The van der Waals surface area contributed by atoms with E-state index in [-0.39, 0.29) is 5.91 Å². The Kier molecular flexibility index (Phi) is 3.96. The number of hydrogen-bond acceptors (Lipinski definition) is 4. The number of carbonyl (C=O) groups excluding carboxylic acids is 1. The summed E-state index contributed by atoms with van der Waals surface area (Å²) in [7, 11) is 1.53. The molecule has 1 N–H and O–H groups in total. The summed E-state index contributed by atoms with van der Waals surface area (Å²) in [5, 5.41) is 11.1. The predicted octanol–water partition coefficient (Wildman–Crippen LogP) is 1.23. The lowest BCUT2D eigenvalue weighted by molar-refractivity contribution is -0.131. The van der Waals surface area contributed by atoms with Crippen LogP contribution in [0.5, 0.6) is 0 Å². The summed E-state index contributed by atoms with van der Waals surface area (Å²) in [4.78, 5) is 12.3. The number of amides is 1. The van der Waals surface area contributed by atoms with Gasteiger partial charge in [-0.05, 0) is 12.0 Å². The highest BCUT2D eigenvalue weighted by atomic mass is 16.5. The van der Waals surface area contributed by atoms with Crippen molar-refractivity contribution in [3.8, 4) is 0 Å². The van der Waals surface area contributed by atoms with Gasteiger partial charge in [-0.15, -0.1) is 10.2 Å². The Morgan fingerprint density at radius 3 is 2.95 bits per heavy atom. The third-order valence-corrected chi connectivity index (χ3v) is 3.68. The lowest BCUT2D eigenvalue weighted by Crippen LogP contribution is -2.31. The van der Waals surface area contributed by atoms with Crippen LogP contribution in [0.2, 0.25) is 0 Å². The Balaban J connectivity index is 1.65. The minimum Gasteiger partial charge on any atom is -0.367 e. The molecule has 2 heterocycles. The summed E-state index contributed by atoms with van der Waals surface area (Å²) in [5.74, 6) is 1.64. The maximum atomic E-state index is 12.3. The van der Waals surface area contributed by atoms with Crippen LogP contribution < -0.4 is 5.32 Å². The van der Waals surface area contributed by atoms with E-state index in [0.717, 1.165) is 36.6 Å². The van der Waals surface area contributed by atoms with Gasteiger partial charge in [0, 0.05) is 20.1 Å². The zero-order valence-corrected chi connectivity index (χ0v) is 12.0. The number of nitrogens with one attached hydrogen (secondary N) is 1. The number of ether oxygens (including phenoxy) is 1. The van der Waals surface area contributed by atoms with Crippen molar-refractivity contribution in [1.82, 2.24) is 20.1 Å². The second kappa shape index (κ2) is 6.05. The Labute approximate surface area is 123 Å². The molecule has 6 heteroatoms. The molecule has 0 aliphatic carbocycles. The molecule has 0 radical (unpaired) electrons. The van der Waals surface area contributed by atoms with Crippen molar-refractivity contribution in [2.24, 2.45) is 0 Å². The number of rotatable bonds is 5. The molecule has 1 amide bonds. The quantitative estimate of drug-likeness (QED) is 0.897. The molecule has 0 fully saturated rings. The summed E-state index contributed by atoms with van der Waals surface area (Å²) in [6, 6.07) is 9.44. The number of methoxy groups -OCH3 is 1. The molecular weight excluding hydrogens is 268 g/mol. The second-order valence-corrected chi connectivity index (χ2v) is 5.03. The van der Waals surface area contributed by atoms with Gasteiger partial charge in [-0.3, -0.25) is 4.79 Å². The van der Waals surface area contributed by atoms with Crippen molar-refractivity contribution in [3.63, 3.8) is 0 Å². The zero-order chi connectivity index (χ0) is 14.7. The van der Waals surface area contributed by atoms with Gasteiger partial charge < -0.3 is 14.6 Å². The number of aromatic nitrogens is 3. The van der Waals surface area contributed by atoms with Crippen LogP contribution >= 0.6 is 0 Å². The third-order valence-electron chi connectivity index (χ3n) is 3.68. The predicted molar refractivity (Wildman–Crippen MR) is 76.4 cm³/mol. The van der Waals surface area contributed by atoms with Crippen molar-refractivity contribution in [2.75, 3.05) is 7.11 Å². The van der Waals surface area contributed by atoms with E-state index in [1.54, 1.807) is 0 Å². The average molecular weight is 286 g/mol. The Hall–Kier alpha value is -2.21. The number of hydrogen-bond donors (Lipinski definition) is 1. The van der Waals surface area contributed by atoms with Crippen LogP contribution in [0, 0.1) is 0 Å². The van der Waals surface area contributed by atoms with Crippen LogP contribution in [0.15, 0.2) is 30.3 Å². The number of carbonyl (C=O) groups is 1. The number of benzene rings is 1. The van der Waals surface area contributed by atoms with Crippen molar-refractivity contribution < 1.29 is 9.53 Å². The van der Waals surface area contributed by atoms with E-state index in [1.165, 1.54) is 7.11 Å². The zero-order valence-electron chi connectivity index (χ0n) is 12.0. The van der Waals surface area contributed by atoms with Gasteiger partial charge >= 0.3 is 0 Å². The van der Waals surface area contributed by atoms with Gasteiger partial charge in [-0.25, -0.2) is 0 Å². The minimum atomic E-state index is -0.604. The van der Waals surface area contributed by atoms with E-state index in [9.17, 15) is 4.79 Å². The van der Waals surface area contributed by atoms with Crippen LogP contribution in [0.1, 0.15) is 29.7 Å². The topological polar surface area (TPSA) is 69.0 Å². The van der Waals surface area contributed by atoms with E-state index in [1.807, 2.05) is 30.3 Å². The van der Waals surface area contributed by atoms with Crippen molar-refractivity contribution >= 4 is 5.91 Å². The molecule has 2 aromatic rings. The fourth-order valence-corrected chi connectivity index (χ4v) is 2.62. The van der Waals surface area contributed by atoms with Gasteiger partial charge in [0.25, 0.3) is 5.91 Å². The molecule has 1 aliphatic heterocycles. The number of fused-ring (bicyclic) bond motifs is 1. The first-order valence-electron chi connectivity index (χ1n) is 7.06. The van der Waals surface area contributed by atoms with Crippen molar-refractivity contribution in [3.05, 3.63) is 47.5 Å². The monoisotopic (exact) mass is 286 g/mol. The Morgan fingerprint density at radius 2 is 2.19 bits per heavy atom. The van der Waals surface area contributed by atoms with Crippen LogP contribution in [-0.4, -0.2) is 27.8 Å². The normalized spacial score (nSPS) is 14.7. The van der Waals surface area contributed by atoms with Crippen LogP contribution in [-0.2, 0) is 29.0 Å². The van der Waals surface area contributed by atoms with Gasteiger partial charge in [-0.2, -0.15) is 0 Å². The standard InChI is InChI=1S/C15H18N4O2/c1-21-14(11-6-3-2-4-7-11)15(20)16-10-13-18-17-12-8-5-9-19(12)13/h2-4,6-7,14H,5,8-10H2,1H3,(H,16,20)/t14-/m0/s1. The van der Waals surface area contributed by atoms with Crippen molar-refractivity contribution in [2.45, 2.75) is 32.0 Å². The van der Waals surface area contributed by atoms with Crippen LogP contribution in [0.4, 0.5) is 0 Å². The summed E-state index contributed by atoms with van der Waals surface area (Å²) >= 11 is 0. The maximum absolute atomic E-state index is 12.3. The van der Waals surface area contributed by atoms with Gasteiger partial charge in [0.15, 0.2) is 11.9 Å². The molecule has 110 valence electrons. The average Bonchev–Trinajstić information content (AvgIpc) is 3.10. The van der Waals surface area contributed by atoms with Crippen molar-refractivity contribution in [1.29, 1.82) is 0 Å². The molecule has 21 heavy (non-hydrogen) atoms. The molecule has 0 unspecified atom stereocenters. The first kappa shape index (κ1) is 13.8. The molecule has 0 saturated heterocycles. The molecule has 0 spiro atoms. The highest BCUT2D eigenvalue weighted by molar-refractivity contribution is 5.82. The summed E-state index contributed by atoms with van der Waals surface area (Å²) in [6.45, 7) is 1.30. The second-order valence-electron chi connectivity index (χ2n) is 5.03. The molecular formula is C15H18N4O2. The van der Waals surface area contributed by atoms with E-state index in [2.05, 4.69) is 20.1 Å². The Bertz CT molecular complexity index is 624. The van der Waals surface area contributed by atoms with Gasteiger partial charge in [-0.1, -0.05) is 30.3 Å². The van der Waals surface area contributed by atoms with Gasteiger partial charge in [0.2, 0.25) is 0 Å². The molecule has 1 aliphatic rings. The molecule has 0 saturated carbocycles. The molecule has 1 atom stereocenters.